The van der Waals surface area contributed by atoms with E-state index >= 15 is 0 Å². The molecule has 0 saturated heterocycles. The van der Waals surface area contributed by atoms with Crippen LogP contribution in [-0.4, -0.2) is 9.97 Å². The fourth-order valence-corrected chi connectivity index (χ4v) is 1.93. The zero-order valence-electron chi connectivity index (χ0n) is 11.1. The monoisotopic (exact) mass is 241 g/mol. The van der Waals surface area contributed by atoms with Gasteiger partial charge in [-0.15, -0.1) is 0 Å². The molecule has 0 radical (unpaired) electrons. The van der Waals surface area contributed by atoms with Crippen molar-refractivity contribution in [1.82, 2.24) is 9.97 Å². The summed E-state index contributed by atoms with van der Waals surface area (Å²) < 4.78 is 0. The quantitative estimate of drug-likeness (QED) is 0.898. The lowest BCUT2D eigenvalue weighted by molar-refractivity contribution is 0.866. The minimum absolute atomic E-state index is 0.443. The van der Waals surface area contributed by atoms with Crippen LogP contribution in [0.15, 0.2) is 30.6 Å². The largest absolute Gasteiger partial charge is 0.325 e. The Bertz CT molecular complexity index is 547. The number of nitrogens with two attached hydrogens (primary N) is 1. The Morgan fingerprint density at radius 1 is 1.17 bits per heavy atom. The number of hydrogen-bond acceptors (Lipinski definition) is 3. The fraction of sp³-hybridized carbons (Fsp3) is 0.333. The molecule has 1 heterocycles. The Morgan fingerprint density at radius 2 is 1.94 bits per heavy atom. The van der Waals surface area contributed by atoms with Crippen LogP contribution in [0.25, 0.3) is 11.3 Å². The molecule has 2 N–H and O–H groups in total. The lowest BCUT2D eigenvalue weighted by Gasteiger charge is -2.11. The van der Waals surface area contributed by atoms with E-state index in [0.717, 1.165) is 11.4 Å². The molecule has 0 bridgehead atoms. The standard InChI is InChI=1S/C15H19N3/c1-10(2)12-5-4-11(3)14(6-12)15-7-13(8-16)17-9-18-15/h4-7,9-10H,8,16H2,1-3H3. The van der Waals surface area contributed by atoms with Gasteiger partial charge in [-0.05, 0) is 36.1 Å². The normalized spacial score (nSPS) is 10.9. The zero-order chi connectivity index (χ0) is 13.1. The van der Waals surface area contributed by atoms with Crippen molar-refractivity contribution >= 4 is 0 Å². The highest BCUT2D eigenvalue weighted by molar-refractivity contribution is 5.64. The summed E-state index contributed by atoms with van der Waals surface area (Å²) in [5.74, 6) is 0.514. The van der Waals surface area contributed by atoms with Gasteiger partial charge in [0.15, 0.2) is 0 Å². The summed E-state index contributed by atoms with van der Waals surface area (Å²) in [7, 11) is 0. The lowest BCUT2D eigenvalue weighted by Crippen LogP contribution is -2.01. The third-order valence-corrected chi connectivity index (χ3v) is 3.14. The molecule has 3 nitrogen and oxygen atoms in total. The highest BCUT2D eigenvalue weighted by Gasteiger charge is 2.07. The van der Waals surface area contributed by atoms with Crippen molar-refractivity contribution in [3.63, 3.8) is 0 Å². The van der Waals surface area contributed by atoms with Crippen LogP contribution in [0.4, 0.5) is 0 Å². The molecule has 3 heteroatoms. The van der Waals surface area contributed by atoms with E-state index in [1.54, 1.807) is 6.33 Å². The highest BCUT2D eigenvalue weighted by atomic mass is 14.8. The summed E-state index contributed by atoms with van der Waals surface area (Å²) >= 11 is 0. The predicted octanol–water partition coefficient (Wildman–Crippen LogP) is 3.03. The molecule has 0 spiro atoms. The van der Waals surface area contributed by atoms with E-state index in [1.807, 2.05) is 6.07 Å². The Kier molecular flexibility index (Phi) is 3.72. The predicted molar refractivity (Wildman–Crippen MR) is 74.2 cm³/mol. The average molecular weight is 241 g/mol. The van der Waals surface area contributed by atoms with Crippen LogP contribution >= 0.6 is 0 Å². The van der Waals surface area contributed by atoms with Gasteiger partial charge in [0.1, 0.15) is 6.33 Å². The molecule has 94 valence electrons. The SMILES string of the molecule is Cc1ccc(C(C)C)cc1-c1cc(CN)ncn1. The second kappa shape index (κ2) is 5.27. The smallest absolute Gasteiger partial charge is 0.116 e. The maximum atomic E-state index is 5.62. The zero-order valence-corrected chi connectivity index (χ0v) is 11.1. The van der Waals surface area contributed by atoms with E-state index in [2.05, 4.69) is 48.9 Å². The van der Waals surface area contributed by atoms with Crippen molar-refractivity contribution in [2.45, 2.75) is 33.2 Å². The van der Waals surface area contributed by atoms with Gasteiger partial charge in [0, 0.05) is 12.1 Å². The second-order valence-corrected chi connectivity index (χ2v) is 4.83. The van der Waals surface area contributed by atoms with Gasteiger partial charge in [0.25, 0.3) is 0 Å². The summed E-state index contributed by atoms with van der Waals surface area (Å²) in [5.41, 5.74) is 11.2. The van der Waals surface area contributed by atoms with Crippen molar-refractivity contribution < 1.29 is 0 Å². The maximum absolute atomic E-state index is 5.62. The number of rotatable bonds is 3. The first kappa shape index (κ1) is 12.7. The van der Waals surface area contributed by atoms with Crippen LogP contribution in [0, 0.1) is 6.92 Å². The molecule has 0 saturated carbocycles. The molecule has 1 aromatic heterocycles. The third kappa shape index (κ3) is 2.57. The van der Waals surface area contributed by atoms with Crippen LogP contribution in [0.1, 0.15) is 36.6 Å². The molecule has 0 unspecified atom stereocenters. The van der Waals surface area contributed by atoms with Gasteiger partial charge in [0.2, 0.25) is 0 Å². The number of nitrogens with zero attached hydrogens (tertiary/aromatic N) is 2. The van der Waals surface area contributed by atoms with Crippen LogP contribution < -0.4 is 5.73 Å². The summed E-state index contributed by atoms with van der Waals surface area (Å²) in [5, 5.41) is 0. The first-order valence-corrected chi connectivity index (χ1v) is 6.23. The van der Waals surface area contributed by atoms with Crippen molar-refractivity contribution in [2.75, 3.05) is 0 Å². The third-order valence-electron chi connectivity index (χ3n) is 3.14. The Hall–Kier alpha value is -1.74. The molecule has 2 aromatic rings. The Labute approximate surface area is 108 Å². The minimum atomic E-state index is 0.443. The molecule has 0 aliphatic carbocycles. The van der Waals surface area contributed by atoms with Gasteiger partial charge in [-0.25, -0.2) is 9.97 Å². The maximum Gasteiger partial charge on any atom is 0.116 e. The molecule has 0 aliphatic heterocycles. The molecule has 0 fully saturated rings. The van der Waals surface area contributed by atoms with Gasteiger partial charge in [0.05, 0.1) is 11.4 Å². The number of hydrogen-bond donors (Lipinski definition) is 1. The van der Waals surface area contributed by atoms with Crippen molar-refractivity contribution in [1.29, 1.82) is 0 Å². The molecule has 0 atom stereocenters. The molecule has 0 amide bonds. The molecule has 2 rings (SSSR count). The average Bonchev–Trinajstić information content (AvgIpc) is 2.39. The Balaban J connectivity index is 2.51. The Morgan fingerprint density at radius 3 is 2.61 bits per heavy atom. The van der Waals surface area contributed by atoms with Gasteiger partial charge in [-0.3, -0.25) is 0 Å². The number of aromatic nitrogens is 2. The highest BCUT2D eigenvalue weighted by Crippen LogP contribution is 2.26. The van der Waals surface area contributed by atoms with Gasteiger partial charge >= 0.3 is 0 Å². The van der Waals surface area contributed by atoms with Crippen LogP contribution in [-0.2, 0) is 6.54 Å². The molecular formula is C15H19N3. The van der Waals surface area contributed by atoms with Crippen LogP contribution in [0.2, 0.25) is 0 Å². The van der Waals surface area contributed by atoms with Crippen LogP contribution in [0.5, 0.6) is 0 Å². The summed E-state index contributed by atoms with van der Waals surface area (Å²) in [6.45, 7) is 6.93. The van der Waals surface area contributed by atoms with E-state index < -0.39 is 0 Å². The van der Waals surface area contributed by atoms with E-state index in [1.165, 1.54) is 16.7 Å². The van der Waals surface area contributed by atoms with E-state index in [0.29, 0.717) is 12.5 Å². The topological polar surface area (TPSA) is 51.8 Å². The first-order chi connectivity index (χ1) is 8.61. The molecular weight excluding hydrogens is 222 g/mol. The van der Waals surface area contributed by atoms with Crippen LogP contribution in [0.3, 0.4) is 0 Å². The van der Waals surface area contributed by atoms with E-state index in [4.69, 9.17) is 5.73 Å². The van der Waals surface area contributed by atoms with Crippen molar-refractivity contribution in [2.24, 2.45) is 5.73 Å². The van der Waals surface area contributed by atoms with E-state index in [9.17, 15) is 0 Å². The van der Waals surface area contributed by atoms with Crippen molar-refractivity contribution in [3.8, 4) is 11.3 Å². The van der Waals surface area contributed by atoms with Gasteiger partial charge in [-0.2, -0.15) is 0 Å². The second-order valence-electron chi connectivity index (χ2n) is 4.83. The lowest BCUT2D eigenvalue weighted by atomic mass is 9.96. The van der Waals surface area contributed by atoms with E-state index in [-0.39, 0.29) is 0 Å². The number of benzene rings is 1. The summed E-state index contributed by atoms with van der Waals surface area (Å²) in [4.78, 5) is 8.49. The van der Waals surface area contributed by atoms with Gasteiger partial charge in [-0.1, -0.05) is 26.0 Å². The number of aryl methyl sites for hydroxylation is 1. The molecule has 1 aromatic carbocycles. The summed E-state index contributed by atoms with van der Waals surface area (Å²) in [6, 6.07) is 8.50. The first-order valence-electron chi connectivity index (χ1n) is 6.23. The molecule has 18 heavy (non-hydrogen) atoms. The van der Waals surface area contributed by atoms with Gasteiger partial charge < -0.3 is 5.73 Å². The van der Waals surface area contributed by atoms with Crippen molar-refractivity contribution in [3.05, 3.63) is 47.4 Å². The fourth-order valence-electron chi connectivity index (χ4n) is 1.93. The molecule has 0 aliphatic rings. The minimum Gasteiger partial charge on any atom is -0.325 e. The summed E-state index contributed by atoms with van der Waals surface area (Å²) in [6.07, 6.45) is 1.58.